The molecule has 0 saturated carbocycles. The number of allylic oxidation sites excluding steroid dienone is 2. The summed E-state index contributed by atoms with van der Waals surface area (Å²) in [6.45, 7) is 8.48. The molecule has 0 amide bonds. The summed E-state index contributed by atoms with van der Waals surface area (Å²) in [5.74, 6) is 0. The molecule has 0 bridgehead atoms. The van der Waals surface area contributed by atoms with Gasteiger partial charge in [0.15, 0.2) is 0 Å². The quantitative estimate of drug-likeness (QED) is 0.595. The number of hydrogen-bond acceptors (Lipinski definition) is 6. The van der Waals surface area contributed by atoms with Gasteiger partial charge < -0.3 is 20.4 Å². The molecule has 0 aliphatic carbocycles. The van der Waals surface area contributed by atoms with Crippen LogP contribution in [0.2, 0.25) is 0 Å². The van der Waals surface area contributed by atoms with E-state index < -0.39 is 0 Å². The van der Waals surface area contributed by atoms with E-state index in [-0.39, 0.29) is 0 Å². The van der Waals surface area contributed by atoms with Crippen LogP contribution in [0.1, 0.15) is 17.7 Å². The van der Waals surface area contributed by atoms with Crippen LogP contribution in [-0.2, 0) is 0 Å². The fourth-order valence-electron chi connectivity index (χ4n) is 5.40. The third-order valence-corrected chi connectivity index (χ3v) is 8.11. The van der Waals surface area contributed by atoms with Gasteiger partial charge in [0, 0.05) is 55.4 Å². The van der Waals surface area contributed by atoms with Crippen LogP contribution in [0.25, 0.3) is 21.5 Å². The van der Waals surface area contributed by atoms with Crippen molar-refractivity contribution in [2.75, 3.05) is 49.1 Å². The molecule has 3 aromatic rings. The summed E-state index contributed by atoms with van der Waals surface area (Å²) in [5.41, 5.74) is 7.52. The van der Waals surface area contributed by atoms with Crippen molar-refractivity contribution in [1.82, 2.24) is 15.6 Å². The first-order valence-electron chi connectivity index (χ1n) is 12.1. The Hall–Kier alpha value is -2.83. The Bertz CT molecular complexity index is 1200. The van der Waals surface area contributed by atoms with E-state index in [1.54, 1.807) is 0 Å². The normalized spacial score (nSPS) is 20.9. The molecule has 5 nitrogen and oxygen atoms in total. The number of fused-ring (bicyclic) bond motifs is 1. The first-order chi connectivity index (χ1) is 16.3. The number of dihydropyridines is 1. The summed E-state index contributed by atoms with van der Waals surface area (Å²) in [5, 5.41) is 6.84. The largest absolute Gasteiger partial charge is 0.387 e. The number of piperazine rings is 1. The van der Waals surface area contributed by atoms with Gasteiger partial charge in [0.1, 0.15) is 0 Å². The predicted octanol–water partition coefficient (Wildman–Crippen LogP) is 4.69. The van der Waals surface area contributed by atoms with Crippen LogP contribution < -0.4 is 20.4 Å². The van der Waals surface area contributed by atoms with Gasteiger partial charge in [-0.05, 0) is 61.9 Å². The number of nitrogens with one attached hydrogen (secondary N) is 2. The van der Waals surface area contributed by atoms with E-state index in [4.69, 9.17) is 4.98 Å². The topological polar surface area (TPSA) is 43.4 Å². The Kier molecular flexibility index (Phi) is 5.56. The molecule has 33 heavy (non-hydrogen) atoms. The average Bonchev–Trinajstić information content (AvgIpc) is 3.51. The lowest BCUT2D eigenvalue weighted by Gasteiger charge is -2.30. The van der Waals surface area contributed by atoms with E-state index in [1.807, 2.05) is 17.5 Å². The van der Waals surface area contributed by atoms with Crippen LogP contribution in [0.5, 0.6) is 0 Å². The van der Waals surface area contributed by atoms with Crippen molar-refractivity contribution >= 4 is 32.9 Å². The second-order valence-electron chi connectivity index (χ2n) is 9.21. The second-order valence-corrected chi connectivity index (χ2v) is 10.5. The van der Waals surface area contributed by atoms with Crippen molar-refractivity contribution in [2.24, 2.45) is 0 Å². The standard InChI is InChI=1S/C27H31N5S/c1-19-16-24-27(33-19)26(32-13-3-5-25(32)21-4-2-10-29-18-21)17-23(30-24)20-6-8-22(9-7-20)31-14-11-28-12-15-31/h2,4,6-10,16-17,25,28-29H,3,5,11-15,18H2,1H3. The molecule has 1 aromatic carbocycles. The molecule has 170 valence electrons. The highest BCUT2D eigenvalue weighted by Crippen LogP contribution is 2.40. The summed E-state index contributed by atoms with van der Waals surface area (Å²) in [6.07, 6.45) is 8.92. The van der Waals surface area contributed by atoms with Crippen LogP contribution in [0.3, 0.4) is 0 Å². The lowest BCUT2D eigenvalue weighted by atomic mass is 10.0. The number of rotatable bonds is 4. The maximum Gasteiger partial charge on any atom is 0.0841 e. The number of thiophene rings is 1. The molecule has 3 aliphatic heterocycles. The molecule has 5 heterocycles. The van der Waals surface area contributed by atoms with Crippen molar-refractivity contribution in [3.05, 3.63) is 65.2 Å². The highest BCUT2D eigenvalue weighted by atomic mass is 32.1. The number of benzene rings is 1. The van der Waals surface area contributed by atoms with Gasteiger partial charge in [0.25, 0.3) is 0 Å². The molecule has 1 atom stereocenters. The Morgan fingerprint density at radius 3 is 2.70 bits per heavy atom. The Balaban J connectivity index is 1.38. The van der Waals surface area contributed by atoms with E-state index in [0.29, 0.717) is 6.04 Å². The average molecular weight is 458 g/mol. The first-order valence-corrected chi connectivity index (χ1v) is 12.9. The number of hydrogen-bond donors (Lipinski definition) is 2. The molecule has 0 spiro atoms. The van der Waals surface area contributed by atoms with Gasteiger partial charge in [-0.25, -0.2) is 4.98 Å². The molecule has 2 aromatic heterocycles. The second kappa shape index (κ2) is 8.84. The molecule has 6 heteroatoms. The minimum Gasteiger partial charge on any atom is -0.387 e. The van der Waals surface area contributed by atoms with Gasteiger partial charge >= 0.3 is 0 Å². The smallest absolute Gasteiger partial charge is 0.0841 e. The van der Waals surface area contributed by atoms with Crippen molar-refractivity contribution in [3.8, 4) is 11.3 Å². The summed E-state index contributed by atoms with van der Waals surface area (Å²) < 4.78 is 1.32. The predicted molar refractivity (Wildman–Crippen MR) is 140 cm³/mol. The minimum atomic E-state index is 0.457. The van der Waals surface area contributed by atoms with Crippen molar-refractivity contribution in [1.29, 1.82) is 0 Å². The molecule has 2 fully saturated rings. The van der Waals surface area contributed by atoms with Crippen LogP contribution >= 0.6 is 11.3 Å². The van der Waals surface area contributed by atoms with E-state index >= 15 is 0 Å². The molecule has 3 aliphatic rings. The summed E-state index contributed by atoms with van der Waals surface area (Å²) in [6, 6.07) is 14.0. The highest BCUT2D eigenvalue weighted by Gasteiger charge is 2.30. The Morgan fingerprint density at radius 2 is 1.91 bits per heavy atom. The summed E-state index contributed by atoms with van der Waals surface area (Å²) in [7, 11) is 0. The lowest BCUT2D eigenvalue weighted by Crippen LogP contribution is -2.43. The van der Waals surface area contributed by atoms with Gasteiger partial charge in [-0.15, -0.1) is 11.3 Å². The number of aryl methyl sites for hydroxylation is 1. The van der Waals surface area contributed by atoms with Gasteiger partial charge in [0.05, 0.1) is 27.6 Å². The zero-order valence-corrected chi connectivity index (χ0v) is 20.0. The molecular formula is C27H31N5S. The zero-order chi connectivity index (χ0) is 22.2. The number of aromatic nitrogens is 1. The third kappa shape index (κ3) is 4.02. The van der Waals surface area contributed by atoms with E-state index in [2.05, 4.69) is 75.9 Å². The SMILES string of the molecule is Cc1cc2nc(-c3ccc(N4CCNCC4)cc3)cc(N3CCCC3C3=CC=CNC3)c2s1. The van der Waals surface area contributed by atoms with Crippen molar-refractivity contribution < 1.29 is 0 Å². The van der Waals surface area contributed by atoms with Crippen molar-refractivity contribution in [2.45, 2.75) is 25.8 Å². The fourth-order valence-corrected chi connectivity index (χ4v) is 6.38. The molecule has 0 radical (unpaired) electrons. The minimum absolute atomic E-state index is 0.457. The van der Waals surface area contributed by atoms with Crippen LogP contribution in [0, 0.1) is 6.92 Å². The fraction of sp³-hybridized carbons (Fsp3) is 0.370. The molecule has 1 unspecified atom stereocenters. The van der Waals surface area contributed by atoms with Gasteiger partial charge in [0.2, 0.25) is 0 Å². The van der Waals surface area contributed by atoms with Crippen LogP contribution in [0.15, 0.2) is 60.3 Å². The Labute approximate surface area is 199 Å². The summed E-state index contributed by atoms with van der Waals surface area (Å²) >= 11 is 1.87. The van der Waals surface area contributed by atoms with E-state index in [0.717, 1.165) is 50.5 Å². The zero-order valence-electron chi connectivity index (χ0n) is 19.2. The van der Waals surface area contributed by atoms with Gasteiger partial charge in [-0.3, -0.25) is 0 Å². The summed E-state index contributed by atoms with van der Waals surface area (Å²) in [4.78, 5) is 11.5. The Morgan fingerprint density at radius 1 is 1.06 bits per heavy atom. The maximum absolute atomic E-state index is 5.10. The number of anilines is 2. The van der Waals surface area contributed by atoms with Crippen LogP contribution in [-0.4, -0.2) is 50.3 Å². The maximum atomic E-state index is 5.10. The third-order valence-electron chi connectivity index (χ3n) is 7.05. The monoisotopic (exact) mass is 457 g/mol. The molecular weight excluding hydrogens is 426 g/mol. The lowest BCUT2D eigenvalue weighted by molar-refractivity contribution is 0.589. The van der Waals surface area contributed by atoms with E-state index in [9.17, 15) is 0 Å². The molecule has 6 rings (SSSR count). The highest BCUT2D eigenvalue weighted by molar-refractivity contribution is 7.19. The van der Waals surface area contributed by atoms with Crippen molar-refractivity contribution in [3.63, 3.8) is 0 Å². The van der Waals surface area contributed by atoms with Gasteiger partial charge in [-0.2, -0.15) is 0 Å². The molecule has 2 saturated heterocycles. The number of pyridine rings is 1. The first kappa shape index (κ1) is 20.8. The number of nitrogens with zero attached hydrogens (tertiary/aromatic N) is 3. The molecule has 2 N–H and O–H groups in total. The van der Waals surface area contributed by atoms with E-state index in [1.165, 1.54) is 44.9 Å². The van der Waals surface area contributed by atoms with Gasteiger partial charge in [-0.1, -0.05) is 18.2 Å². The van der Waals surface area contributed by atoms with Crippen LogP contribution in [0.4, 0.5) is 11.4 Å².